The highest BCUT2D eigenvalue weighted by Crippen LogP contribution is 2.22. The van der Waals surface area contributed by atoms with Gasteiger partial charge in [-0.25, -0.2) is 5.84 Å². The van der Waals surface area contributed by atoms with Crippen molar-refractivity contribution in [1.29, 1.82) is 0 Å². The number of hydrazine groups is 1. The van der Waals surface area contributed by atoms with Gasteiger partial charge >= 0.3 is 0 Å². The molecule has 3 heteroatoms. The van der Waals surface area contributed by atoms with Crippen LogP contribution in [-0.2, 0) is 0 Å². The maximum Gasteiger partial charge on any atom is 0.0575 e. The molecule has 0 bridgehead atoms. The van der Waals surface area contributed by atoms with Crippen LogP contribution in [-0.4, -0.2) is 0 Å². The molecule has 0 atom stereocenters. The van der Waals surface area contributed by atoms with Crippen molar-refractivity contribution in [1.82, 2.24) is 0 Å². The van der Waals surface area contributed by atoms with Crippen LogP contribution < -0.4 is 10.9 Å². The number of hydrogen-bond donors (Lipinski definition) is 1. The van der Waals surface area contributed by atoms with Gasteiger partial charge in [-0.15, -0.1) is 12.4 Å². The van der Waals surface area contributed by atoms with E-state index in [-0.39, 0.29) is 12.4 Å². The third-order valence-corrected chi connectivity index (χ3v) is 2.62. The minimum atomic E-state index is 0. The molecule has 0 aliphatic heterocycles. The Labute approximate surface area is 108 Å². The lowest BCUT2D eigenvalue weighted by molar-refractivity contribution is 1.08. The summed E-state index contributed by atoms with van der Waals surface area (Å²) in [6.45, 7) is 4.13. The number of rotatable bonds is 2. The number of nitrogens with zero attached hydrogens (tertiary/aromatic N) is 1. The van der Waals surface area contributed by atoms with E-state index in [1.807, 2.05) is 24.3 Å². The highest BCUT2D eigenvalue weighted by Gasteiger charge is 2.03. The van der Waals surface area contributed by atoms with Crippen LogP contribution in [0.5, 0.6) is 0 Å². The summed E-state index contributed by atoms with van der Waals surface area (Å²) in [6, 6.07) is 16.3. The van der Waals surface area contributed by atoms with E-state index in [9.17, 15) is 0 Å². The van der Waals surface area contributed by atoms with Gasteiger partial charge in [-0.05, 0) is 38.1 Å². The van der Waals surface area contributed by atoms with Gasteiger partial charge in [-0.2, -0.15) is 0 Å². The Bertz CT molecular complexity index is 417. The molecule has 0 aromatic heterocycles. The molecular weight excluding hydrogens is 232 g/mol. The molecule has 0 spiro atoms. The molecule has 0 aliphatic rings. The average Bonchev–Trinajstić information content (AvgIpc) is 2.30. The van der Waals surface area contributed by atoms with Crippen molar-refractivity contribution in [2.24, 2.45) is 5.84 Å². The van der Waals surface area contributed by atoms with Crippen LogP contribution in [0.1, 0.15) is 11.1 Å². The van der Waals surface area contributed by atoms with Crippen LogP contribution >= 0.6 is 12.4 Å². The van der Waals surface area contributed by atoms with E-state index in [1.165, 1.54) is 11.1 Å². The van der Waals surface area contributed by atoms with Gasteiger partial charge in [0.1, 0.15) is 0 Å². The van der Waals surface area contributed by atoms with Gasteiger partial charge < -0.3 is 0 Å². The second-order valence-electron chi connectivity index (χ2n) is 4.04. The van der Waals surface area contributed by atoms with Crippen molar-refractivity contribution >= 4 is 23.8 Å². The summed E-state index contributed by atoms with van der Waals surface area (Å²) in [5, 5.41) is 1.69. The first-order chi connectivity index (χ1) is 7.66. The lowest BCUT2D eigenvalue weighted by Crippen LogP contribution is -2.24. The fraction of sp³-hybridized carbons (Fsp3) is 0.143. The van der Waals surface area contributed by atoms with E-state index < -0.39 is 0 Å². The first-order valence-corrected chi connectivity index (χ1v) is 5.35. The van der Waals surface area contributed by atoms with E-state index in [0.29, 0.717) is 0 Å². The van der Waals surface area contributed by atoms with Crippen molar-refractivity contribution < 1.29 is 0 Å². The van der Waals surface area contributed by atoms with E-state index in [0.717, 1.165) is 11.4 Å². The van der Waals surface area contributed by atoms with Gasteiger partial charge in [-0.1, -0.05) is 35.4 Å². The summed E-state index contributed by atoms with van der Waals surface area (Å²) in [6.07, 6.45) is 0. The zero-order valence-electron chi connectivity index (χ0n) is 10.1. The van der Waals surface area contributed by atoms with Crippen molar-refractivity contribution in [2.75, 3.05) is 5.01 Å². The van der Waals surface area contributed by atoms with Crippen LogP contribution in [0.25, 0.3) is 0 Å². The topological polar surface area (TPSA) is 29.3 Å². The van der Waals surface area contributed by atoms with E-state index in [1.54, 1.807) is 5.01 Å². The number of halogens is 1. The Morgan fingerprint density at radius 2 is 1.00 bits per heavy atom. The first-order valence-electron chi connectivity index (χ1n) is 5.35. The Balaban J connectivity index is 0.00000144. The molecule has 2 aromatic rings. The monoisotopic (exact) mass is 248 g/mol. The van der Waals surface area contributed by atoms with Crippen molar-refractivity contribution in [3.8, 4) is 0 Å². The molecular formula is C14H17ClN2. The predicted octanol–water partition coefficient (Wildman–Crippen LogP) is 3.74. The molecule has 2 rings (SSSR count). The van der Waals surface area contributed by atoms with E-state index >= 15 is 0 Å². The van der Waals surface area contributed by atoms with Gasteiger partial charge in [0.05, 0.1) is 11.4 Å². The maximum absolute atomic E-state index is 6.05. The van der Waals surface area contributed by atoms with Crippen molar-refractivity contribution in [3.63, 3.8) is 0 Å². The number of nitrogens with two attached hydrogens (primary N) is 1. The molecule has 2 N–H and O–H groups in total. The highest BCUT2D eigenvalue weighted by molar-refractivity contribution is 5.85. The van der Waals surface area contributed by atoms with Gasteiger partial charge in [-0.3, -0.25) is 5.01 Å². The lowest BCUT2D eigenvalue weighted by Gasteiger charge is -2.19. The van der Waals surface area contributed by atoms with E-state index in [4.69, 9.17) is 5.84 Å². The van der Waals surface area contributed by atoms with Crippen LogP contribution in [0.3, 0.4) is 0 Å². The number of aryl methyl sites for hydroxylation is 2. The SMILES string of the molecule is Cc1ccc(N(N)c2ccc(C)cc2)cc1.Cl. The summed E-state index contributed by atoms with van der Waals surface area (Å²) < 4.78 is 0. The predicted molar refractivity (Wildman–Crippen MR) is 75.9 cm³/mol. The summed E-state index contributed by atoms with van der Waals surface area (Å²) in [5.41, 5.74) is 4.46. The lowest BCUT2D eigenvalue weighted by atomic mass is 10.2. The molecule has 0 radical (unpaired) electrons. The van der Waals surface area contributed by atoms with Crippen molar-refractivity contribution in [3.05, 3.63) is 59.7 Å². The Kier molecular flexibility index (Phi) is 4.55. The smallest absolute Gasteiger partial charge is 0.0575 e. The van der Waals surface area contributed by atoms with Gasteiger partial charge in [0.25, 0.3) is 0 Å². The van der Waals surface area contributed by atoms with Crippen LogP contribution in [0.15, 0.2) is 48.5 Å². The molecule has 0 aliphatic carbocycles. The molecule has 0 unspecified atom stereocenters. The average molecular weight is 249 g/mol. The van der Waals surface area contributed by atoms with Crippen LogP contribution in [0.2, 0.25) is 0 Å². The van der Waals surface area contributed by atoms with Gasteiger partial charge in [0.15, 0.2) is 0 Å². The molecule has 90 valence electrons. The Hall–Kier alpha value is -1.51. The number of anilines is 2. The molecule has 0 amide bonds. The minimum absolute atomic E-state index is 0. The Morgan fingerprint density at radius 3 is 1.29 bits per heavy atom. The third kappa shape index (κ3) is 3.22. The molecule has 0 saturated heterocycles. The Morgan fingerprint density at radius 1 is 0.706 bits per heavy atom. The maximum atomic E-state index is 6.05. The molecule has 0 fully saturated rings. The molecule has 2 nitrogen and oxygen atoms in total. The minimum Gasteiger partial charge on any atom is -0.280 e. The molecule has 2 aromatic carbocycles. The molecule has 0 heterocycles. The standard InChI is InChI=1S/C14H16N2.ClH/c1-11-3-7-13(8-4-11)16(15)14-9-5-12(2)6-10-14;/h3-10H,15H2,1-2H3;1H. The largest absolute Gasteiger partial charge is 0.280 e. The normalized spacial score (nSPS) is 9.59. The van der Waals surface area contributed by atoms with Crippen LogP contribution in [0, 0.1) is 13.8 Å². The van der Waals surface area contributed by atoms with Gasteiger partial charge in [0.2, 0.25) is 0 Å². The van der Waals surface area contributed by atoms with Gasteiger partial charge in [0, 0.05) is 0 Å². The number of hydrogen-bond acceptors (Lipinski definition) is 2. The fourth-order valence-electron chi connectivity index (χ4n) is 1.56. The summed E-state index contributed by atoms with van der Waals surface area (Å²) >= 11 is 0. The summed E-state index contributed by atoms with van der Waals surface area (Å²) in [4.78, 5) is 0. The molecule has 17 heavy (non-hydrogen) atoms. The summed E-state index contributed by atoms with van der Waals surface area (Å²) in [7, 11) is 0. The van der Waals surface area contributed by atoms with Crippen molar-refractivity contribution in [2.45, 2.75) is 13.8 Å². The highest BCUT2D eigenvalue weighted by atomic mass is 35.5. The third-order valence-electron chi connectivity index (χ3n) is 2.62. The number of benzene rings is 2. The zero-order chi connectivity index (χ0) is 11.5. The second kappa shape index (κ2) is 5.71. The zero-order valence-corrected chi connectivity index (χ0v) is 10.9. The fourth-order valence-corrected chi connectivity index (χ4v) is 1.56. The second-order valence-corrected chi connectivity index (χ2v) is 4.04. The quantitative estimate of drug-likeness (QED) is 0.648. The first kappa shape index (κ1) is 13.6. The summed E-state index contributed by atoms with van der Waals surface area (Å²) in [5.74, 6) is 6.05. The van der Waals surface area contributed by atoms with E-state index in [2.05, 4.69) is 38.1 Å². The molecule has 0 saturated carbocycles. The van der Waals surface area contributed by atoms with Crippen LogP contribution in [0.4, 0.5) is 11.4 Å².